The molecule has 0 bridgehead atoms. The Hall–Kier alpha value is -0.480. The molecule has 20 heavy (non-hydrogen) atoms. The van der Waals surface area contributed by atoms with Crippen LogP contribution >= 0.6 is 23.2 Å². The summed E-state index contributed by atoms with van der Waals surface area (Å²) in [5.74, 6) is 0.819. The van der Waals surface area contributed by atoms with Crippen LogP contribution in [0.25, 0.3) is 0 Å². The number of halogens is 2. The van der Waals surface area contributed by atoms with Crippen LogP contribution in [0.4, 0.5) is 5.69 Å². The molecule has 2 rings (SSSR count). The molecule has 0 unspecified atom stereocenters. The van der Waals surface area contributed by atoms with Gasteiger partial charge in [-0.1, -0.05) is 23.2 Å². The summed E-state index contributed by atoms with van der Waals surface area (Å²) in [6, 6.07) is 3.85. The average molecular weight is 316 g/mol. The normalized spacial score (nSPS) is 17.9. The predicted octanol–water partition coefficient (Wildman–Crippen LogP) is 3.35. The number of rotatable bonds is 4. The molecule has 1 aliphatic rings. The molecule has 5 heteroatoms. The lowest BCUT2D eigenvalue weighted by atomic mass is 9.96. The van der Waals surface area contributed by atoms with Crippen molar-refractivity contribution in [1.82, 2.24) is 9.80 Å². The summed E-state index contributed by atoms with van der Waals surface area (Å²) >= 11 is 12.2. The highest BCUT2D eigenvalue weighted by molar-refractivity contribution is 6.38. The molecule has 1 aromatic rings. The van der Waals surface area contributed by atoms with Gasteiger partial charge in [0, 0.05) is 13.1 Å². The Balaban J connectivity index is 1.89. The summed E-state index contributed by atoms with van der Waals surface area (Å²) in [6.45, 7) is 4.36. The topological polar surface area (TPSA) is 32.5 Å². The molecular formula is C15H23Cl2N3. The van der Waals surface area contributed by atoms with E-state index in [2.05, 4.69) is 23.9 Å². The lowest BCUT2D eigenvalue weighted by Crippen LogP contribution is -2.36. The maximum absolute atomic E-state index is 6.08. The van der Waals surface area contributed by atoms with E-state index in [1.165, 1.54) is 19.4 Å². The number of hydrogen-bond acceptors (Lipinski definition) is 3. The standard InChI is InChI=1S/C15H23Cl2N3/c1-19(2)9-11-3-5-20(6-4-11)10-12-7-13(16)15(18)14(17)8-12/h7-8,11H,3-6,9-10,18H2,1-2H3. The van der Waals surface area contributed by atoms with Gasteiger partial charge in [-0.15, -0.1) is 0 Å². The molecule has 0 aromatic heterocycles. The molecule has 0 spiro atoms. The summed E-state index contributed by atoms with van der Waals surface area (Å²) in [7, 11) is 4.29. The Morgan fingerprint density at radius 1 is 1.20 bits per heavy atom. The summed E-state index contributed by atoms with van der Waals surface area (Å²) in [5.41, 5.74) is 7.38. The second kappa shape index (κ2) is 6.99. The number of hydrogen-bond donors (Lipinski definition) is 1. The molecule has 112 valence electrons. The molecule has 2 N–H and O–H groups in total. The third-order valence-corrected chi connectivity index (χ3v) is 4.50. The first-order chi connectivity index (χ1) is 9.45. The lowest BCUT2D eigenvalue weighted by molar-refractivity contribution is 0.157. The second-order valence-electron chi connectivity index (χ2n) is 5.95. The Kier molecular flexibility index (Phi) is 5.56. The number of benzene rings is 1. The number of piperidine rings is 1. The van der Waals surface area contributed by atoms with Gasteiger partial charge in [0.1, 0.15) is 0 Å². The quantitative estimate of drug-likeness (QED) is 0.865. The van der Waals surface area contributed by atoms with E-state index in [4.69, 9.17) is 28.9 Å². The average Bonchev–Trinajstić information content (AvgIpc) is 2.37. The SMILES string of the molecule is CN(C)CC1CCN(Cc2cc(Cl)c(N)c(Cl)c2)CC1. The van der Waals surface area contributed by atoms with Gasteiger partial charge in [-0.2, -0.15) is 0 Å². The van der Waals surface area contributed by atoms with Gasteiger partial charge in [0.2, 0.25) is 0 Å². The van der Waals surface area contributed by atoms with Crippen LogP contribution in [0, 0.1) is 5.92 Å². The van der Waals surface area contributed by atoms with Crippen LogP contribution in [0.2, 0.25) is 10.0 Å². The molecule has 3 nitrogen and oxygen atoms in total. The fourth-order valence-corrected chi connectivity index (χ4v) is 3.36. The minimum atomic E-state index is 0.474. The van der Waals surface area contributed by atoms with Gasteiger partial charge in [-0.3, -0.25) is 4.90 Å². The maximum Gasteiger partial charge on any atom is 0.0693 e. The van der Waals surface area contributed by atoms with Crippen molar-refractivity contribution in [1.29, 1.82) is 0 Å². The number of likely N-dealkylation sites (tertiary alicyclic amines) is 1. The minimum Gasteiger partial charge on any atom is -0.396 e. The van der Waals surface area contributed by atoms with Crippen LogP contribution in [0.3, 0.4) is 0 Å². The summed E-state index contributed by atoms with van der Waals surface area (Å²) in [6.07, 6.45) is 2.52. The molecule has 0 amide bonds. The Morgan fingerprint density at radius 3 is 2.25 bits per heavy atom. The van der Waals surface area contributed by atoms with E-state index in [-0.39, 0.29) is 0 Å². The Morgan fingerprint density at radius 2 is 1.75 bits per heavy atom. The zero-order chi connectivity index (χ0) is 14.7. The molecule has 1 saturated heterocycles. The fourth-order valence-electron chi connectivity index (χ4n) is 2.83. The van der Waals surface area contributed by atoms with Gasteiger partial charge in [-0.25, -0.2) is 0 Å². The number of nitrogens with two attached hydrogens (primary N) is 1. The van der Waals surface area contributed by atoms with E-state index in [0.717, 1.165) is 31.1 Å². The number of nitrogen functional groups attached to an aromatic ring is 1. The fraction of sp³-hybridized carbons (Fsp3) is 0.600. The van der Waals surface area contributed by atoms with Gasteiger partial charge in [-0.05, 0) is 63.6 Å². The molecule has 0 atom stereocenters. The molecule has 1 aliphatic heterocycles. The van der Waals surface area contributed by atoms with Gasteiger partial charge in [0.25, 0.3) is 0 Å². The van der Waals surface area contributed by atoms with Gasteiger partial charge >= 0.3 is 0 Å². The van der Waals surface area contributed by atoms with Crippen molar-refractivity contribution in [2.75, 3.05) is 39.5 Å². The van der Waals surface area contributed by atoms with Crippen molar-refractivity contribution in [2.45, 2.75) is 19.4 Å². The highest BCUT2D eigenvalue weighted by atomic mass is 35.5. The van der Waals surface area contributed by atoms with E-state index < -0.39 is 0 Å². The van der Waals surface area contributed by atoms with E-state index in [1.807, 2.05) is 12.1 Å². The Labute approximate surface area is 131 Å². The van der Waals surface area contributed by atoms with Crippen LogP contribution in [-0.2, 0) is 6.54 Å². The van der Waals surface area contributed by atoms with Crippen LogP contribution in [-0.4, -0.2) is 43.5 Å². The first-order valence-corrected chi connectivity index (χ1v) is 7.81. The van der Waals surface area contributed by atoms with Crippen molar-refractivity contribution in [3.05, 3.63) is 27.7 Å². The van der Waals surface area contributed by atoms with E-state index in [9.17, 15) is 0 Å². The monoisotopic (exact) mass is 315 g/mol. The third-order valence-electron chi connectivity index (χ3n) is 3.88. The van der Waals surface area contributed by atoms with Gasteiger partial charge < -0.3 is 10.6 Å². The largest absolute Gasteiger partial charge is 0.396 e. The zero-order valence-corrected chi connectivity index (χ0v) is 13.7. The zero-order valence-electron chi connectivity index (χ0n) is 12.2. The van der Waals surface area contributed by atoms with Crippen molar-refractivity contribution in [2.24, 2.45) is 5.92 Å². The van der Waals surface area contributed by atoms with Crippen LogP contribution in [0.15, 0.2) is 12.1 Å². The smallest absolute Gasteiger partial charge is 0.0693 e. The maximum atomic E-state index is 6.08. The summed E-state index contributed by atoms with van der Waals surface area (Å²) in [5, 5.41) is 1.10. The summed E-state index contributed by atoms with van der Waals surface area (Å²) in [4.78, 5) is 4.74. The molecule has 0 radical (unpaired) electrons. The van der Waals surface area contributed by atoms with E-state index >= 15 is 0 Å². The Bertz CT molecular complexity index is 431. The number of nitrogens with zero attached hydrogens (tertiary/aromatic N) is 2. The molecule has 1 aromatic carbocycles. The van der Waals surface area contributed by atoms with Crippen LogP contribution < -0.4 is 5.73 Å². The molecule has 0 aliphatic carbocycles. The van der Waals surface area contributed by atoms with Gasteiger partial charge in [0.05, 0.1) is 15.7 Å². The van der Waals surface area contributed by atoms with Crippen molar-refractivity contribution in [3.63, 3.8) is 0 Å². The number of anilines is 1. The third kappa shape index (κ3) is 4.26. The van der Waals surface area contributed by atoms with E-state index in [1.54, 1.807) is 0 Å². The van der Waals surface area contributed by atoms with Crippen molar-refractivity contribution >= 4 is 28.9 Å². The predicted molar refractivity (Wildman–Crippen MR) is 87.4 cm³/mol. The highest BCUT2D eigenvalue weighted by Crippen LogP contribution is 2.30. The first-order valence-electron chi connectivity index (χ1n) is 7.06. The lowest BCUT2D eigenvalue weighted by Gasteiger charge is -2.33. The molecule has 1 heterocycles. The molecule has 1 fully saturated rings. The van der Waals surface area contributed by atoms with Gasteiger partial charge in [0.15, 0.2) is 0 Å². The van der Waals surface area contributed by atoms with Crippen molar-refractivity contribution < 1.29 is 0 Å². The van der Waals surface area contributed by atoms with Crippen LogP contribution in [0.1, 0.15) is 18.4 Å². The van der Waals surface area contributed by atoms with Crippen molar-refractivity contribution in [3.8, 4) is 0 Å². The first kappa shape index (κ1) is 15.9. The molecule has 0 saturated carbocycles. The minimum absolute atomic E-state index is 0.474. The summed E-state index contributed by atoms with van der Waals surface area (Å²) < 4.78 is 0. The highest BCUT2D eigenvalue weighted by Gasteiger charge is 2.20. The second-order valence-corrected chi connectivity index (χ2v) is 6.77. The molecular weight excluding hydrogens is 293 g/mol. The van der Waals surface area contributed by atoms with Crippen LogP contribution in [0.5, 0.6) is 0 Å². The van der Waals surface area contributed by atoms with E-state index in [0.29, 0.717) is 15.7 Å².